The first kappa shape index (κ1) is 34.6. The van der Waals surface area contributed by atoms with E-state index in [0.29, 0.717) is 71.8 Å². The smallest absolute Gasteiger partial charge is 0.254 e. The van der Waals surface area contributed by atoms with Gasteiger partial charge in [-0.3, -0.25) is 19.5 Å². The van der Waals surface area contributed by atoms with Gasteiger partial charge >= 0.3 is 0 Å². The van der Waals surface area contributed by atoms with Gasteiger partial charge in [-0.1, -0.05) is 42.3 Å². The fourth-order valence-electron chi connectivity index (χ4n) is 7.15. The molecule has 5 rings (SSSR count). The molecule has 9 nitrogen and oxygen atoms in total. The summed E-state index contributed by atoms with van der Waals surface area (Å²) < 4.78 is 16.5. The fourth-order valence-corrected chi connectivity index (χ4v) is 7.45. The van der Waals surface area contributed by atoms with Gasteiger partial charge in [-0.05, 0) is 73.8 Å². The number of rotatable bonds is 9. The Morgan fingerprint density at radius 2 is 1.69 bits per heavy atom. The molecule has 45 heavy (non-hydrogen) atoms. The lowest BCUT2D eigenvalue weighted by Crippen LogP contribution is -2.61. The number of methoxy groups -OCH3 is 3. The van der Waals surface area contributed by atoms with E-state index in [4.69, 9.17) is 43.1 Å². The highest BCUT2D eigenvalue weighted by Gasteiger charge is 2.55. The molecule has 2 N–H and O–H groups in total. The van der Waals surface area contributed by atoms with E-state index >= 15 is 0 Å². The number of nitrogens with two attached hydrogens (primary N) is 1. The number of likely N-dealkylation sites (tertiary alicyclic amines) is 2. The molecule has 0 spiro atoms. The molecule has 2 aromatic carbocycles. The van der Waals surface area contributed by atoms with E-state index < -0.39 is 10.8 Å². The number of nitrogens with zero attached hydrogens (tertiary/aromatic N) is 3. The van der Waals surface area contributed by atoms with Crippen molar-refractivity contribution in [1.82, 2.24) is 14.8 Å². The van der Waals surface area contributed by atoms with Crippen LogP contribution in [0.5, 0.6) is 17.2 Å². The number of aromatic nitrogens is 1. The van der Waals surface area contributed by atoms with Gasteiger partial charge in [0.2, 0.25) is 11.7 Å². The van der Waals surface area contributed by atoms with Crippen LogP contribution in [-0.4, -0.2) is 80.1 Å². The van der Waals surface area contributed by atoms with Gasteiger partial charge < -0.3 is 24.8 Å². The normalized spacial score (nSPS) is 23.2. The largest absolute Gasteiger partial charge is 0.493 e. The minimum atomic E-state index is -0.915. The molecule has 2 saturated heterocycles. The lowest BCUT2D eigenvalue weighted by molar-refractivity contribution is -0.127. The average molecular weight is 678 g/mol. The van der Waals surface area contributed by atoms with E-state index in [1.165, 1.54) is 21.3 Å². The van der Waals surface area contributed by atoms with Crippen LogP contribution in [-0.2, 0) is 15.6 Å². The summed E-state index contributed by atoms with van der Waals surface area (Å²) in [7, 11) is 4.56. The molecule has 3 atom stereocenters. The van der Waals surface area contributed by atoms with Gasteiger partial charge in [-0.25, -0.2) is 0 Å². The van der Waals surface area contributed by atoms with Crippen molar-refractivity contribution in [1.29, 1.82) is 0 Å². The molecule has 0 bridgehead atoms. The van der Waals surface area contributed by atoms with E-state index in [2.05, 4.69) is 16.8 Å². The van der Waals surface area contributed by atoms with E-state index in [9.17, 15) is 9.59 Å². The number of amides is 2. The molecule has 2 aliphatic heterocycles. The molecule has 0 radical (unpaired) electrons. The van der Waals surface area contributed by atoms with Crippen LogP contribution in [0.25, 0.3) is 0 Å². The number of pyridine rings is 1. The third kappa shape index (κ3) is 6.15. The van der Waals surface area contributed by atoms with Crippen LogP contribution in [0.2, 0.25) is 10.0 Å². The number of hydrogen-bond acceptors (Lipinski definition) is 7. The van der Waals surface area contributed by atoms with Gasteiger partial charge in [0.15, 0.2) is 11.5 Å². The molecule has 2 aliphatic rings. The standard InChI is InChI=1S/C33H38Cl2N4O5.ClH/c1-5-38-13-10-32(31(36)41,23-7-6-12-37-19-23)18-28(38)33(22-8-9-24(34)25(35)17-22)11-14-39(20-33)30(40)21-15-26(42-2)29(44-4)27(16-21)43-3;/h6-9,12,15-17,19,28H,5,10-11,13-14,18,20H2,1-4H3,(H2,36,41);1H. The Hall–Kier alpha value is -3.24. The van der Waals surface area contributed by atoms with Crippen molar-refractivity contribution in [2.45, 2.75) is 43.1 Å². The summed E-state index contributed by atoms with van der Waals surface area (Å²) in [5.74, 6) is 0.670. The molecule has 1 aromatic heterocycles. The van der Waals surface area contributed by atoms with Crippen molar-refractivity contribution >= 4 is 47.4 Å². The van der Waals surface area contributed by atoms with Gasteiger partial charge in [0.1, 0.15) is 0 Å². The summed E-state index contributed by atoms with van der Waals surface area (Å²) in [5, 5.41) is 0.886. The number of likely N-dealkylation sites (N-methyl/N-ethyl adjacent to an activating group) is 1. The van der Waals surface area contributed by atoms with Crippen LogP contribution in [0.1, 0.15) is 47.7 Å². The number of benzene rings is 2. The monoisotopic (exact) mass is 676 g/mol. The highest BCUT2D eigenvalue weighted by Crippen LogP contribution is 2.49. The first-order valence-electron chi connectivity index (χ1n) is 14.6. The number of halogens is 3. The van der Waals surface area contributed by atoms with Crippen molar-refractivity contribution in [3.05, 3.63) is 81.6 Å². The van der Waals surface area contributed by atoms with Crippen molar-refractivity contribution in [3.63, 3.8) is 0 Å². The first-order valence-corrected chi connectivity index (χ1v) is 15.4. The topological polar surface area (TPSA) is 107 Å². The zero-order valence-corrected chi connectivity index (χ0v) is 28.2. The maximum absolute atomic E-state index is 14.1. The van der Waals surface area contributed by atoms with Crippen LogP contribution in [0.3, 0.4) is 0 Å². The zero-order valence-electron chi connectivity index (χ0n) is 25.8. The summed E-state index contributed by atoms with van der Waals surface area (Å²) in [5.41, 5.74) is 6.91. The minimum absolute atomic E-state index is 0. The van der Waals surface area contributed by atoms with Crippen LogP contribution in [0.15, 0.2) is 54.9 Å². The summed E-state index contributed by atoms with van der Waals surface area (Å²) in [6.45, 7) is 4.41. The van der Waals surface area contributed by atoms with E-state index in [0.717, 1.165) is 17.7 Å². The zero-order chi connectivity index (χ0) is 31.6. The molecule has 3 unspecified atom stereocenters. The molecule has 2 amide bonds. The summed E-state index contributed by atoms with van der Waals surface area (Å²) in [6, 6.07) is 12.6. The maximum Gasteiger partial charge on any atom is 0.254 e. The van der Waals surface area contributed by atoms with Gasteiger partial charge in [-0.2, -0.15) is 0 Å². The van der Waals surface area contributed by atoms with Gasteiger partial charge in [0.05, 0.1) is 36.8 Å². The molecule has 242 valence electrons. The highest BCUT2D eigenvalue weighted by molar-refractivity contribution is 6.42. The second-order valence-corrected chi connectivity index (χ2v) is 12.3. The van der Waals surface area contributed by atoms with Crippen LogP contribution in [0, 0.1) is 0 Å². The second-order valence-electron chi connectivity index (χ2n) is 11.5. The number of piperidine rings is 1. The fraction of sp³-hybridized carbons (Fsp3) is 0.424. The molecular formula is C33H39Cl3N4O5. The van der Waals surface area contributed by atoms with E-state index in [1.54, 1.807) is 30.6 Å². The molecule has 3 heterocycles. The summed E-state index contributed by atoms with van der Waals surface area (Å²) in [4.78, 5) is 36.1. The number of ether oxygens (including phenoxy) is 3. The van der Waals surface area contributed by atoms with E-state index in [1.807, 2.05) is 29.2 Å². The van der Waals surface area contributed by atoms with Crippen LogP contribution >= 0.6 is 35.6 Å². The number of primary amides is 1. The van der Waals surface area contributed by atoms with Gasteiger partial charge in [-0.15, -0.1) is 12.4 Å². The maximum atomic E-state index is 14.1. The predicted molar refractivity (Wildman–Crippen MR) is 177 cm³/mol. The van der Waals surface area contributed by atoms with Crippen molar-refractivity contribution < 1.29 is 23.8 Å². The third-order valence-corrected chi connectivity index (χ3v) is 10.3. The average Bonchev–Trinajstić information content (AvgIpc) is 3.51. The Balaban J connectivity index is 0.00000461. The third-order valence-electron chi connectivity index (χ3n) is 9.53. The minimum Gasteiger partial charge on any atom is -0.493 e. The Labute approximate surface area is 280 Å². The Morgan fingerprint density at radius 3 is 2.24 bits per heavy atom. The quantitative estimate of drug-likeness (QED) is 0.318. The molecule has 3 aromatic rings. The number of carbonyl (C=O) groups excluding carboxylic acids is 2. The SMILES string of the molecule is CCN1CCC(C(N)=O)(c2cccnc2)CC1C1(c2ccc(Cl)c(Cl)c2)CCN(C(=O)c2cc(OC)c(OC)c(OC)c2)C1.Cl. The Morgan fingerprint density at radius 1 is 0.978 bits per heavy atom. The van der Waals surface area contributed by atoms with Crippen molar-refractivity contribution in [2.75, 3.05) is 47.5 Å². The Bertz CT molecular complexity index is 1520. The Kier molecular flexibility index (Phi) is 10.8. The summed E-state index contributed by atoms with van der Waals surface area (Å²) in [6.07, 6.45) is 5.12. The number of hydrogen-bond donors (Lipinski definition) is 1. The highest BCUT2D eigenvalue weighted by atomic mass is 35.5. The number of carbonyl (C=O) groups is 2. The molecule has 12 heteroatoms. The molecule has 0 aliphatic carbocycles. The predicted octanol–water partition coefficient (Wildman–Crippen LogP) is 5.53. The van der Waals surface area contributed by atoms with Crippen molar-refractivity contribution in [2.24, 2.45) is 5.73 Å². The van der Waals surface area contributed by atoms with E-state index in [-0.39, 0.29) is 30.3 Å². The van der Waals surface area contributed by atoms with Crippen molar-refractivity contribution in [3.8, 4) is 17.2 Å². The lowest BCUT2D eigenvalue weighted by Gasteiger charge is -2.52. The lowest BCUT2D eigenvalue weighted by atomic mass is 9.62. The van der Waals surface area contributed by atoms with Gasteiger partial charge in [0, 0.05) is 42.5 Å². The summed E-state index contributed by atoms with van der Waals surface area (Å²) >= 11 is 13.0. The van der Waals surface area contributed by atoms with Crippen LogP contribution < -0.4 is 19.9 Å². The van der Waals surface area contributed by atoms with Crippen LogP contribution in [0.4, 0.5) is 0 Å². The molecular weight excluding hydrogens is 639 g/mol. The van der Waals surface area contributed by atoms with Gasteiger partial charge in [0.25, 0.3) is 5.91 Å². The first-order chi connectivity index (χ1) is 21.1. The molecule has 2 fully saturated rings. The molecule has 0 saturated carbocycles. The second kappa shape index (κ2) is 14.0.